The molecule has 4 aromatic carbocycles. The average Bonchev–Trinajstić information content (AvgIpc) is 3.07. The van der Waals surface area contributed by atoms with Crippen LogP contribution in [-0.4, -0.2) is 50.4 Å². The van der Waals surface area contributed by atoms with E-state index in [1.54, 1.807) is 61.5 Å². The molecule has 0 spiro atoms. The summed E-state index contributed by atoms with van der Waals surface area (Å²) in [6.07, 6.45) is 0.873. The number of amides is 2. The number of hydrogen-bond acceptors (Lipinski definition) is 5. The number of anilines is 1. The van der Waals surface area contributed by atoms with Crippen molar-refractivity contribution in [1.82, 2.24) is 10.2 Å². The minimum absolute atomic E-state index is 0.0126. The maximum absolute atomic E-state index is 14.7. The fourth-order valence-electron chi connectivity index (χ4n) is 5.12. The lowest BCUT2D eigenvalue weighted by molar-refractivity contribution is -0.140. The maximum atomic E-state index is 14.7. The Balaban J connectivity index is 1.86. The molecule has 0 aliphatic heterocycles. The summed E-state index contributed by atoms with van der Waals surface area (Å²) in [5.41, 5.74) is 2.54. The van der Waals surface area contributed by atoms with E-state index in [1.807, 2.05) is 51.1 Å². The van der Waals surface area contributed by atoms with Crippen molar-refractivity contribution in [3.63, 3.8) is 0 Å². The second-order valence-electron chi connectivity index (χ2n) is 11.5. The van der Waals surface area contributed by atoms with Crippen LogP contribution in [0.2, 0.25) is 10.0 Å². The van der Waals surface area contributed by atoms with E-state index in [1.165, 1.54) is 17.0 Å². The molecule has 0 aliphatic carbocycles. The van der Waals surface area contributed by atoms with Crippen LogP contribution in [0.25, 0.3) is 0 Å². The summed E-state index contributed by atoms with van der Waals surface area (Å²) < 4.78 is 35.6. The van der Waals surface area contributed by atoms with E-state index in [2.05, 4.69) is 5.32 Å². The van der Waals surface area contributed by atoms with Gasteiger partial charge < -0.3 is 15.0 Å². The van der Waals surface area contributed by atoms with Gasteiger partial charge in [-0.15, -0.1) is 0 Å². The summed E-state index contributed by atoms with van der Waals surface area (Å²) in [4.78, 5) is 30.2. The molecule has 11 heteroatoms. The van der Waals surface area contributed by atoms with Crippen LogP contribution < -0.4 is 14.4 Å². The van der Waals surface area contributed by atoms with Gasteiger partial charge in [-0.05, 0) is 74.7 Å². The Kier molecular flexibility index (Phi) is 12.9. The van der Waals surface area contributed by atoms with Gasteiger partial charge in [-0.2, -0.15) is 0 Å². The molecule has 2 amide bonds. The molecule has 0 radical (unpaired) electrons. The van der Waals surface area contributed by atoms with Gasteiger partial charge in [0.2, 0.25) is 11.8 Å². The fraction of sp³-hybridized carbons (Fsp3) is 0.297. The molecule has 48 heavy (non-hydrogen) atoms. The molecule has 0 heterocycles. The summed E-state index contributed by atoms with van der Waals surface area (Å²) >= 11 is 12.6. The predicted octanol–water partition coefficient (Wildman–Crippen LogP) is 7.45. The number of hydrogen-bond donors (Lipinski definition) is 1. The Morgan fingerprint density at radius 1 is 0.854 bits per heavy atom. The van der Waals surface area contributed by atoms with Crippen molar-refractivity contribution < 1.29 is 22.7 Å². The minimum Gasteiger partial charge on any atom is -0.492 e. The first-order valence-corrected chi connectivity index (χ1v) is 18.0. The van der Waals surface area contributed by atoms with Crippen molar-refractivity contribution in [3.8, 4) is 5.75 Å². The average molecular weight is 711 g/mol. The summed E-state index contributed by atoms with van der Waals surface area (Å²) in [6, 6.07) is 26.3. The standard InChI is InChI=1S/C37H41Cl2N3O5S/c1-5-27(4)40-37(44)34(23-28-12-8-7-9-13-28)41(24-29-18-21-31(38)32(39)22-29)36(43)25-42(33-14-10-11-15-35(33)47-6-2)48(45,46)30-19-16-26(3)17-20-30/h7-22,27,34H,5-6,23-25H2,1-4H3,(H,40,44)/t27-,34-/m0/s1. The Labute approximate surface area is 293 Å². The van der Waals surface area contributed by atoms with Crippen molar-refractivity contribution in [2.45, 2.75) is 64.1 Å². The molecule has 0 fully saturated rings. The van der Waals surface area contributed by atoms with Gasteiger partial charge >= 0.3 is 0 Å². The molecule has 0 saturated carbocycles. The topological polar surface area (TPSA) is 96.0 Å². The Morgan fingerprint density at radius 2 is 1.52 bits per heavy atom. The highest BCUT2D eigenvalue weighted by Gasteiger charge is 2.36. The summed E-state index contributed by atoms with van der Waals surface area (Å²) in [5.74, 6) is -0.651. The lowest BCUT2D eigenvalue weighted by Gasteiger charge is -2.34. The van der Waals surface area contributed by atoms with Crippen LogP contribution in [0.4, 0.5) is 5.69 Å². The lowest BCUT2D eigenvalue weighted by Crippen LogP contribution is -2.54. The normalized spacial score (nSPS) is 12.5. The van der Waals surface area contributed by atoms with E-state index >= 15 is 0 Å². The third-order valence-corrected chi connectivity index (χ3v) is 10.4. The van der Waals surface area contributed by atoms with Crippen molar-refractivity contribution in [1.29, 1.82) is 0 Å². The van der Waals surface area contributed by atoms with Gasteiger partial charge in [-0.25, -0.2) is 8.42 Å². The van der Waals surface area contributed by atoms with Gasteiger partial charge in [0.05, 0.1) is 27.2 Å². The zero-order valence-electron chi connectivity index (χ0n) is 27.5. The Bertz CT molecular complexity index is 1800. The van der Waals surface area contributed by atoms with Crippen molar-refractivity contribution in [3.05, 3.63) is 124 Å². The highest BCUT2D eigenvalue weighted by Crippen LogP contribution is 2.33. The van der Waals surface area contributed by atoms with E-state index in [0.29, 0.717) is 27.8 Å². The number of benzene rings is 4. The monoisotopic (exact) mass is 709 g/mol. The molecule has 0 bridgehead atoms. The van der Waals surface area contributed by atoms with E-state index < -0.39 is 28.5 Å². The molecule has 4 aromatic rings. The van der Waals surface area contributed by atoms with Crippen LogP contribution in [0.3, 0.4) is 0 Å². The lowest BCUT2D eigenvalue weighted by atomic mass is 10.0. The molecule has 0 aliphatic rings. The van der Waals surface area contributed by atoms with Gasteiger partial charge in [-0.3, -0.25) is 13.9 Å². The van der Waals surface area contributed by atoms with Gasteiger partial charge in [0.1, 0.15) is 18.3 Å². The van der Waals surface area contributed by atoms with Crippen molar-refractivity contribution >= 4 is 50.7 Å². The molecular weight excluding hydrogens is 669 g/mol. The van der Waals surface area contributed by atoms with E-state index in [9.17, 15) is 18.0 Å². The summed E-state index contributed by atoms with van der Waals surface area (Å²) in [6.45, 7) is 7.14. The predicted molar refractivity (Wildman–Crippen MR) is 192 cm³/mol. The first kappa shape index (κ1) is 36.8. The van der Waals surface area contributed by atoms with Crippen LogP contribution in [0, 0.1) is 6.92 Å². The van der Waals surface area contributed by atoms with Crippen molar-refractivity contribution in [2.24, 2.45) is 0 Å². The Morgan fingerprint density at radius 3 is 2.17 bits per heavy atom. The third kappa shape index (κ3) is 9.30. The number of carbonyl (C=O) groups excluding carboxylic acids is 2. The second-order valence-corrected chi connectivity index (χ2v) is 14.2. The fourth-order valence-corrected chi connectivity index (χ4v) is 6.87. The Hall–Kier alpha value is -4.05. The molecule has 254 valence electrons. The molecule has 4 rings (SSSR count). The second kappa shape index (κ2) is 16.9. The molecule has 0 unspecified atom stereocenters. The third-order valence-electron chi connectivity index (χ3n) is 7.93. The molecule has 0 saturated heterocycles. The van der Waals surface area contributed by atoms with E-state index in [0.717, 1.165) is 15.4 Å². The van der Waals surface area contributed by atoms with Crippen LogP contribution in [0.1, 0.15) is 43.9 Å². The SMILES string of the molecule is CCOc1ccccc1N(CC(=O)N(Cc1ccc(Cl)c(Cl)c1)[C@@H](Cc1ccccc1)C(=O)N[C@@H](C)CC)S(=O)(=O)c1ccc(C)cc1. The van der Waals surface area contributed by atoms with Gasteiger partial charge in [0.25, 0.3) is 10.0 Å². The number of nitrogens with zero attached hydrogens (tertiary/aromatic N) is 2. The van der Waals surface area contributed by atoms with Gasteiger partial charge in [0, 0.05) is 19.0 Å². The first-order valence-electron chi connectivity index (χ1n) is 15.8. The van der Waals surface area contributed by atoms with Crippen molar-refractivity contribution in [2.75, 3.05) is 17.5 Å². The molecule has 1 N–H and O–H groups in total. The summed E-state index contributed by atoms with van der Waals surface area (Å²) in [7, 11) is -4.29. The number of para-hydroxylation sites is 2. The van der Waals surface area contributed by atoms with E-state index in [-0.39, 0.29) is 42.1 Å². The maximum Gasteiger partial charge on any atom is 0.264 e. The highest BCUT2D eigenvalue weighted by molar-refractivity contribution is 7.92. The largest absolute Gasteiger partial charge is 0.492 e. The number of aryl methyl sites for hydroxylation is 1. The van der Waals surface area contributed by atoms with Crippen LogP contribution in [-0.2, 0) is 32.6 Å². The van der Waals surface area contributed by atoms with E-state index in [4.69, 9.17) is 27.9 Å². The number of rotatable bonds is 15. The number of nitrogens with one attached hydrogen (secondary N) is 1. The number of halogens is 2. The van der Waals surface area contributed by atoms with Gasteiger partial charge in [0.15, 0.2) is 0 Å². The van der Waals surface area contributed by atoms with Crippen LogP contribution in [0.5, 0.6) is 5.75 Å². The van der Waals surface area contributed by atoms with Gasteiger partial charge in [-0.1, -0.05) is 96.4 Å². The van der Waals surface area contributed by atoms with Crippen LogP contribution >= 0.6 is 23.2 Å². The zero-order chi connectivity index (χ0) is 34.8. The molecular formula is C37H41Cl2N3O5S. The number of sulfonamides is 1. The number of ether oxygens (including phenoxy) is 1. The molecule has 2 atom stereocenters. The molecule has 8 nitrogen and oxygen atoms in total. The first-order chi connectivity index (χ1) is 22.9. The summed E-state index contributed by atoms with van der Waals surface area (Å²) in [5, 5.41) is 3.67. The molecule has 0 aromatic heterocycles. The minimum atomic E-state index is -4.29. The van der Waals surface area contributed by atoms with Crippen LogP contribution in [0.15, 0.2) is 102 Å². The smallest absolute Gasteiger partial charge is 0.264 e. The quantitative estimate of drug-likeness (QED) is 0.138. The highest BCUT2D eigenvalue weighted by atomic mass is 35.5. The zero-order valence-corrected chi connectivity index (χ0v) is 29.9. The number of carbonyl (C=O) groups is 2.